The topological polar surface area (TPSA) is 80.9 Å². The van der Waals surface area contributed by atoms with Crippen LogP contribution in [0.2, 0.25) is 0 Å². The first-order chi connectivity index (χ1) is 18.2. The van der Waals surface area contributed by atoms with Gasteiger partial charge in [-0.05, 0) is 46.5 Å². The Morgan fingerprint density at radius 2 is 1.69 bits per heavy atom. The SMILES string of the molecule is CCC(CC)C(=O)/C=C(\O)C(CC)CC.Cc1nc2ncnc3c2n1C(C)(C)c1cc2ccccc2[c-]c1-3.[Ir]. The van der Waals surface area contributed by atoms with Crippen LogP contribution in [0, 0.1) is 24.8 Å². The number of imidazole rings is 1. The van der Waals surface area contributed by atoms with Crippen molar-refractivity contribution in [1.29, 1.82) is 0 Å². The average Bonchev–Trinajstić information content (AvgIpc) is 3.26. The molecular weight excluding hydrogens is 665 g/mol. The van der Waals surface area contributed by atoms with Crippen molar-refractivity contribution in [3.05, 3.63) is 65.9 Å². The molecule has 5 rings (SSSR count). The van der Waals surface area contributed by atoms with E-state index in [9.17, 15) is 9.90 Å². The standard InChI is InChI=1S/C19H15N4.C13H24O2.Ir/c1-11-22-18-17-16(20-10-21-18)14-8-12-6-4-5-7-13(12)9-15(14)19(2,3)23(11)17;1-5-10(6-2)12(14)9-13(15)11(7-3)8-4;/h4-7,9-10H,1-3H3;9-11,14H,5-8H2,1-4H3;/q-1;;/b;12-9-;. The van der Waals surface area contributed by atoms with Crippen LogP contribution >= 0.6 is 0 Å². The van der Waals surface area contributed by atoms with E-state index in [-0.39, 0.29) is 49.0 Å². The number of allylic oxidation sites excluding steroid dienone is 2. The van der Waals surface area contributed by atoms with Gasteiger partial charge in [0.25, 0.3) is 0 Å². The van der Waals surface area contributed by atoms with Crippen molar-refractivity contribution in [2.24, 2.45) is 11.8 Å². The summed E-state index contributed by atoms with van der Waals surface area (Å²) in [5.41, 5.74) is 4.77. The molecule has 0 unspecified atom stereocenters. The number of carbonyl (C=O) groups excluding carboxylic acids is 1. The van der Waals surface area contributed by atoms with E-state index in [1.165, 1.54) is 17.0 Å². The van der Waals surface area contributed by atoms with E-state index in [0.717, 1.165) is 59.3 Å². The Labute approximate surface area is 245 Å². The number of hydrogen-bond acceptors (Lipinski definition) is 5. The van der Waals surface area contributed by atoms with Gasteiger partial charge in [0.1, 0.15) is 12.2 Å². The predicted octanol–water partition coefficient (Wildman–Crippen LogP) is 7.72. The average molecular weight is 704 g/mol. The number of aromatic nitrogens is 4. The van der Waals surface area contributed by atoms with Gasteiger partial charge in [-0.15, -0.1) is 23.6 Å². The summed E-state index contributed by atoms with van der Waals surface area (Å²) in [6, 6.07) is 14.2. The molecule has 1 N–H and O–H groups in total. The number of carbonyl (C=O) groups is 1. The number of fused-ring (bicyclic) bond motifs is 3. The molecule has 6 nitrogen and oxygen atoms in total. The Balaban J connectivity index is 0.000000233. The summed E-state index contributed by atoms with van der Waals surface area (Å²) in [6.07, 6.45) is 6.50. The Morgan fingerprint density at radius 3 is 2.33 bits per heavy atom. The molecule has 3 heterocycles. The number of benzene rings is 2. The van der Waals surface area contributed by atoms with Crippen molar-refractivity contribution >= 4 is 27.7 Å². The van der Waals surface area contributed by atoms with E-state index < -0.39 is 0 Å². The fourth-order valence-corrected chi connectivity index (χ4v) is 5.62. The summed E-state index contributed by atoms with van der Waals surface area (Å²) in [4.78, 5) is 25.3. The number of aliphatic hydroxyl groups excluding tert-OH is 1. The van der Waals surface area contributed by atoms with E-state index in [0.29, 0.717) is 0 Å². The molecule has 4 aromatic rings. The summed E-state index contributed by atoms with van der Waals surface area (Å²) in [5, 5.41) is 12.1. The number of ketones is 1. The Hall–Kier alpha value is -2.89. The van der Waals surface area contributed by atoms with Crippen molar-refractivity contribution in [2.75, 3.05) is 0 Å². The van der Waals surface area contributed by atoms with E-state index in [2.05, 4.69) is 63.7 Å². The van der Waals surface area contributed by atoms with Crippen LogP contribution in [0.3, 0.4) is 0 Å². The van der Waals surface area contributed by atoms with Gasteiger partial charge in [0.05, 0.1) is 11.3 Å². The van der Waals surface area contributed by atoms with Gasteiger partial charge in [-0.2, -0.15) is 0 Å². The van der Waals surface area contributed by atoms with Crippen LogP contribution in [-0.2, 0) is 30.4 Å². The normalized spacial score (nSPS) is 13.7. The summed E-state index contributed by atoms with van der Waals surface area (Å²) in [6.45, 7) is 14.5. The number of aliphatic hydroxyl groups is 1. The van der Waals surface area contributed by atoms with Crippen LogP contribution in [0.4, 0.5) is 0 Å². The molecule has 0 spiro atoms. The zero-order valence-electron chi connectivity index (χ0n) is 24.0. The largest absolute Gasteiger partial charge is 0.512 e. The van der Waals surface area contributed by atoms with Gasteiger partial charge in [-0.1, -0.05) is 62.4 Å². The molecule has 0 atom stereocenters. The minimum Gasteiger partial charge on any atom is -0.512 e. The molecule has 0 bridgehead atoms. The molecule has 1 aliphatic heterocycles. The smallest absolute Gasteiger partial charge is 0.173 e. The van der Waals surface area contributed by atoms with Crippen LogP contribution in [0.25, 0.3) is 33.2 Å². The fourth-order valence-electron chi connectivity index (χ4n) is 5.62. The van der Waals surface area contributed by atoms with Crippen LogP contribution in [0.15, 0.2) is 48.5 Å². The predicted molar refractivity (Wildman–Crippen MR) is 154 cm³/mol. The summed E-state index contributed by atoms with van der Waals surface area (Å²) >= 11 is 0. The molecule has 0 saturated carbocycles. The first-order valence-electron chi connectivity index (χ1n) is 13.8. The van der Waals surface area contributed by atoms with E-state index in [1.54, 1.807) is 6.33 Å². The third kappa shape index (κ3) is 5.71. The maximum Gasteiger partial charge on any atom is 0.173 e. The van der Waals surface area contributed by atoms with Crippen molar-refractivity contribution in [2.45, 2.75) is 79.7 Å². The maximum atomic E-state index is 11.7. The third-order valence-electron chi connectivity index (χ3n) is 7.94. The van der Waals surface area contributed by atoms with Crippen molar-refractivity contribution in [3.63, 3.8) is 0 Å². The molecule has 0 aliphatic carbocycles. The number of rotatable bonds is 7. The molecule has 1 radical (unpaired) electrons. The fraction of sp³-hybridized carbons (Fsp3) is 0.438. The molecule has 2 aromatic heterocycles. The molecule has 7 heteroatoms. The minimum atomic E-state index is -0.216. The second kappa shape index (κ2) is 12.5. The molecule has 0 saturated heterocycles. The quantitative estimate of drug-likeness (QED) is 0.121. The first-order valence-corrected chi connectivity index (χ1v) is 13.8. The Bertz CT molecular complexity index is 1500. The van der Waals surface area contributed by atoms with Gasteiger partial charge in [0, 0.05) is 49.3 Å². The number of hydrogen-bond donors (Lipinski definition) is 1. The number of nitrogens with zero attached hydrogens (tertiary/aromatic N) is 4. The van der Waals surface area contributed by atoms with E-state index in [4.69, 9.17) is 0 Å². The van der Waals surface area contributed by atoms with E-state index in [1.807, 2.05) is 40.7 Å². The van der Waals surface area contributed by atoms with Crippen molar-refractivity contribution < 1.29 is 30.0 Å². The van der Waals surface area contributed by atoms with Crippen molar-refractivity contribution in [3.8, 4) is 11.3 Å². The molecular formula is C32H39IrN4O2-. The van der Waals surface area contributed by atoms with Gasteiger partial charge in [-0.3, -0.25) is 9.78 Å². The van der Waals surface area contributed by atoms with Gasteiger partial charge in [0.2, 0.25) is 0 Å². The van der Waals surface area contributed by atoms with Gasteiger partial charge < -0.3 is 9.67 Å². The molecule has 209 valence electrons. The van der Waals surface area contributed by atoms with Gasteiger partial charge in [-0.25, -0.2) is 9.97 Å². The monoisotopic (exact) mass is 704 g/mol. The zero-order chi connectivity index (χ0) is 27.6. The Kier molecular flexibility index (Phi) is 9.84. The van der Waals surface area contributed by atoms with Crippen molar-refractivity contribution in [1.82, 2.24) is 19.5 Å². The molecule has 2 aromatic carbocycles. The zero-order valence-corrected chi connectivity index (χ0v) is 26.4. The van der Waals surface area contributed by atoms with Crippen LogP contribution in [0.5, 0.6) is 0 Å². The second-order valence-electron chi connectivity index (χ2n) is 10.6. The van der Waals surface area contributed by atoms with Gasteiger partial charge >= 0.3 is 0 Å². The molecule has 39 heavy (non-hydrogen) atoms. The van der Waals surface area contributed by atoms with Gasteiger partial charge in [0.15, 0.2) is 11.4 Å². The molecule has 0 amide bonds. The van der Waals surface area contributed by atoms with Crippen LogP contribution in [0.1, 0.15) is 78.6 Å². The maximum absolute atomic E-state index is 11.7. The molecule has 1 aliphatic rings. The van der Waals surface area contributed by atoms with Crippen LogP contribution in [-0.4, -0.2) is 30.4 Å². The van der Waals surface area contributed by atoms with Crippen LogP contribution < -0.4 is 0 Å². The number of aryl methyl sites for hydroxylation is 1. The Morgan fingerprint density at radius 1 is 1.05 bits per heavy atom. The second-order valence-corrected chi connectivity index (χ2v) is 10.6. The molecule has 0 fully saturated rings. The van der Waals surface area contributed by atoms with E-state index >= 15 is 0 Å². The summed E-state index contributed by atoms with van der Waals surface area (Å²) in [5.74, 6) is 1.51. The minimum absolute atomic E-state index is 0. The summed E-state index contributed by atoms with van der Waals surface area (Å²) in [7, 11) is 0. The first kappa shape index (κ1) is 30.6. The summed E-state index contributed by atoms with van der Waals surface area (Å²) < 4.78 is 2.25. The third-order valence-corrected chi connectivity index (χ3v) is 7.94.